The zero-order valence-corrected chi connectivity index (χ0v) is 13.2. The monoisotopic (exact) mass is 353 g/mol. The van der Waals surface area contributed by atoms with Gasteiger partial charge in [0.1, 0.15) is 0 Å². The maximum Gasteiger partial charge on any atom is 0.339 e. The van der Waals surface area contributed by atoms with Gasteiger partial charge >= 0.3 is 5.97 Å². The maximum absolute atomic E-state index is 11.6. The van der Waals surface area contributed by atoms with E-state index in [2.05, 4.69) is 21.2 Å². The normalized spacial score (nSPS) is 10.2. The molecule has 0 bridgehead atoms. The highest BCUT2D eigenvalue weighted by Crippen LogP contribution is 2.23. The first-order valence-electron chi connectivity index (χ1n) is 5.97. The molecular formula is C15H13BrClNO2. The number of hydrogen-bond donors (Lipinski definition) is 1. The van der Waals surface area contributed by atoms with Crippen LogP contribution in [0.5, 0.6) is 0 Å². The van der Waals surface area contributed by atoms with Crippen molar-refractivity contribution in [3.8, 4) is 0 Å². The van der Waals surface area contributed by atoms with Crippen LogP contribution in [0.1, 0.15) is 15.9 Å². The molecule has 0 heterocycles. The van der Waals surface area contributed by atoms with Crippen LogP contribution in [-0.4, -0.2) is 13.1 Å². The number of carbonyl (C=O) groups is 1. The van der Waals surface area contributed by atoms with Gasteiger partial charge in [-0.15, -0.1) is 0 Å². The molecule has 1 N–H and O–H groups in total. The van der Waals surface area contributed by atoms with E-state index in [4.69, 9.17) is 16.3 Å². The minimum atomic E-state index is -0.445. The molecule has 0 unspecified atom stereocenters. The number of ether oxygens (including phenoxy) is 1. The summed E-state index contributed by atoms with van der Waals surface area (Å²) in [6.45, 7) is 0.643. The van der Waals surface area contributed by atoms with Gasteiger partial charge in [-0.1, -0.05) is 45.7 Å². The van der Waals surface area contributed by atoms with Crippen LogP contribution in [0, 0.1) is 0 Å². The van der Waals surface area contributed by atoms with Crippen molar-refractivity contribution < 1.29 is 9.53 Å². The van der Waals surface area contributed by atoms with E-state index in [1.165, 1.54) is 7.11 Å². The largest absolute Gasteiger partial charge is 0.465 e. The molecular weight excluding hydrogens is 342 g/mol. The number of anilines is 1. The molecule has 0 aliphatic carbocycles. The fourth-order valence-corrected chi connectivity index (χ4v) is 2.36. The molecule has 0 saturated carbocycles. The van der Waals surface area contributed by atoms with Crippen molar-refractivity contribution >= 4 is 39.2 Å². The lowest BCUT2D eigenvalue weighted by atomic mass is 10.2. The lowest BCUT2D eigenvalue weighted by Gasteiger charge is -2.10. The van der Waals surface area contributed by atoms with E-state index >= 15 is 0 Å². The Hall–Kier alpha value is -1.52. The van der Waals surface area contributed by atoms with Crippen LogP contribution >= 0.6 is 27.5 Å². The summed E-state index contributed by atoms with van der Waals surface area (Å²) in [6, 6.07) is 13.1. The number of rotatable bonds is 4. The van der Waals surface area contributed by atoms with Crippen molar-refractivity contribution in [3.63, 3.8) is 0 Å². The van der Waals surface area contributed by atoms with Gasteiger partial charge in [0.2, 0.25) is 0 Å². The molecule has 0 aromatic heterocycles. The topological polar surface area (TPSA) is 38.3 Å². The summed E-state index contributed by atoms with van der Waals surface area (Å²) in [6.07, 6.45) is 0. The number of benzene rings is 2. The van der Waals surface area contributed by atoms with Crippen LogP contribution in [-0.2, 0) is 11.3 Å². The molecule has 104 valence electrons. The Morgan fingerprint density at radius 2 is 2.05 bits per heavy atom. The molecule has 0 spiro atoms. The van der Waals surface area contributed by atoms with Crippen LogP contribution in [0.25, 0.3) is 0 Å². The lowest BCUT2D eigenvalue weighted by Crippen LogP contribution is -2.05. The Bertz CT molecular complexity index is 631. The third-order valence-electron chi connectivity index (χ3n) is 2.81. The lowest BCUT2D eigenvalue weighted by molar-refractivity contribution is 0.0601. The van der Waals surface area contributed by atoms with E-state index < -0.39 is 5.97 Å². The predicted molar refractivity (Wildman–Crippen MR) is 84.3 cm³/mol. The number of hydrogen-bond acceptors (Lipinski definition) is 3. The van der Waals surface area contributed by atoms with Gasteiger partial charge in [-0.05, 0) is 29.8 Å². The highest BCUT2D eigenvalue weighted by molar-refractivity contribution is 9.10. The van der Waals surface area contributed by atoms with Gasteiger partial charge in [-0.2, -0.15) is 0 Å². The first kappa shape index (κ1) is 14.9. The SMILES string of the molecule is COC(=O)c1cc(NCc2ccccc2Br)ccc1Cl. The zero-order chi connectivity index (χ0) is 14.5. The first-order chi connectivity index (χ1) is 9.61. The molecule has 3 nitrogen and oxygen atoms in total. The molecule has 0 fully saturated rings. The molecule has 0 radical (unpaired) electrons. The molecule has 2 rings (SSSR count). The molecule has 0 amide bonds. The summed E-state index contributed by atoms with van der Waals surface area (Å²) in [7, 11) is 1.33. The summed E-state index contributed by atoms with van der Waals surface area (Å²) >= 11 is 9.47. The number of carbonyl (C=O) groups excluding carboxylic acids is 1. The average Bonchev–Trinajstić information content (AvgIpc) is 2.47. The Labute approximate surface area is 131 Å². The van der Waals surface area contributed by atoms with Crippen LogP contribution in [0.15, 0.2) is 46.9 Å². The fraction of sp³-hybridized carbons (Fsp3) is 0.133. The van der Waals surface area contributed by atoms with E-state index in [9.17, 15) is 4.79 Å². The zero-order valence-electron chi connectivity index (χ0n) is 10.8. The Balaban J connectivity index is 2.14. The third-order valence-corrected chi connectivity index (χ3v) is 3.92. The summed E-state index contributed by atoms with van der Waals surface area (Å²) in [5.41, 5.74) is 2.29. The van der Waals surface area contributed by atoms with Gasteiger partial charge < -0.3 is 10.1 Å². The first-order valence-corrected chi connectivity index (χ1v) is 7.14. The number of esters is 1. The predicted octanol–water partition coefficient (Wildman–Crippen LogP) is 4.50. The number of nitrogens with one attached hydrogen (secondary N) is 1. The highest BCUT2D eigenvalue weighted by atomic mass is 79.9. The maximum atomic E-state index is 11.6. The quantitative estimate of drug-likeness (QED) is 0.822. The molecule has 0 aliphatic rings. The molecule has 20 heavy (non-hydrogen) atoms. The van der Waals surface area contributed by atoms with Crippen molar-refractivity contribution in [1.82, 2.24) is 0 Å². The summed E-state index contributed by atoms with van der Waals surface area (Å²) in [5, 5.41) is 3.63. The van der Waals surface area contributed by atoms with Gasteiger partial charge in [-0.25, -0.2) is 4.79 Å². The van der Waals surface area contributed by atoms with Crippen LogP contribution < -0.4 is 5.32 Å². The minimum Gasteiger partial charge on any atom is -0.465 e. The molecule has 0 atom stereocenters. The Morgan fingerprint density at radius 1 is 1.30 bits per heavy atom. The van der Waals surface area contributed by atoms with Gasteiger partial charge in [0, 0.05) is 16.7 Å². The van der Waals surface area contributed by atoms with Crippen LogP contribution in [0.4, 0.5) is 5.69 Å². The van der Waals surface area contributed by atoms with E-state index in [0.29, 0.717) is 17.1 Å². The van der Waals surface area contributed by atoms with Gasteiger partial charge in [-0.3, -0.25) is 0 Å². The molecule has 2 aromatic rings. The van der Waals surface area contributed by atoms with E-state index in [-0.39, 0.29) is 0 Å². The fourth-order valence-electron chi connectivity index (χ4n) is 1.74. The van der Waals surface area contributed by atoms with E-state index in [0.717, 1.165) is 15.7 Å². The van der Waals surface area contributed by atoms with Crippen LogP contribution in [0.3, 0.4) is 0 Å². The second kappa shape index (κ2) is 6.77. The molecule has 5 heteroatoms. The van der Waals surface area contributed by atoms with Crippen molar-refractivity contribution in [2.45, 2.75) is 6.54 Å². The summed E-state index contributed by atoms with van der Waals surface area (Å²) in [4.78, 5) is 11.6. The van der Waals surface area contributed by atoms with Gasteiger partial charge in [0.15, 0.2) is 0 Å². The van der Waals surface area contributed by atoms with Crippen molar-refractivity contribution in [3.05, 3.63) is 63.1 Å². The number of methoxy groups -OCH3 is 1. The standard InChI is InChI=1S/C15H13BrClNO2/c1-20-15(19)12-8-11(6-7-14(12)17)18-9-10-4-2-3-5-13(10)16/h2-8,18H,9H2,1H3. The van der Waals surface area contributed by atoms with Gasteiger partial charge in [0.25, 0.3) is 0 Å². The Kier molecular flexibility index (Phi) is 5.04. The minimum absolute atomic E-state index is 0.353. The molecule has 0 saturated heterocycles. The second-order valence-electron chi connectivity index (χ2n) is 4.13. The highest BCUT2D eigenvalue weighted by Gasteiger charge is 2.11. The van der Waals surface area contributed by atoms with Crippen molar-refractivity contribution in [2.75, 3.05) is 12.4 Å². The van der Waals surface area contributed by atoms with Gasteiger partial charge in [0.05, 0.1) is 17.7 Å². The third kappa shape index (κ3) is 3.52. The van der Waals surface area contributed by atoms with Crippen molar-refractivity contribution in [1.29, 1.82) is 0 Å². The summed E-state index contributed by atoms with van der Waals surface area (Å²) < 4.78 is 5.73. The second-order valence-corrected chi connectivity index (χ2v) is 5.39. The molecule has 0 aliphatic heterocycles. The van der Waals surface area contributed by atoms with E-state index in [1.807, 2.05) is 30.3 Å². The summed E-state index contributed by atoms with van der Waals surface area (Å²) in [5.74, 6) is -0.445. The average molecular weight is 355 g/mol. The smallest absolute Gasteiger partial charge is 0.339 e. The molecule has 2 aromatic carbocycles. The van der Waals surface area contributed by atoms with Crippen LogP contribution in [0.2, 0.25) is 5.02 Å². The van der Waals surface area contributed by atoms with E-state index in [1.54, 1.807) is 12.1 Å². The Morgan fingerprint density at radius 3 is 2.75 bits per heavy atom. The van der Waals surface area contributed by atoms with Crippen molar-refractivity contribution in [2.24, 2.45) is 0 Å². The number of halogens is 2.